The van der Waals surface area contributed by atoms with Gasteiger partial charge in [0.2, 0.25) is 0 Å². The second-order valence-corrected chi connectivity index (χ2v) is 15.8. The SMILES string of the molecule is Cc1ccc(N(c2cccc(C)c2)c2cc3c(c4ccccc24)-c2ccc(-n4c5ccccc5c5ccccc54)cc2C32c3ccccc3-c3ccccc32)cc1. The number of aromatic nitrogens is 1. The molecule has 0 saturated heterocycles. The number of hydrogen-bond donors (Lipinski definition) is 0. The maximum Gasteiger partial charge on any atom is 0.0727 e. The molecule has 268 valence electrons. The van der Waals surface area contributed by atoms with Gasteiger partial charge in [0, 0.05) is 33.2 Å². The quantitative estimate of drug-likeness (QED) is 0.175. The molecule has 0 unspecified atom stereocenters. The minimum absolute atomic E-state index is 0.545. The molecule has 0 amide bonds. The summed E-state index contributed by atoms with van der Waals surface area (Å²) >= 11 is 0. The number of nitrogens with zero attached hydrogens (tertiary/aromatic N) is 2. The molecule has 2 heteroatoms. The molecule has 0 radical (unpaired) electrons. The van der Waals surface area contributed by atoms with E-state index in [1.54, 1.807) is 0 Å². The lowest BCUT2D eigenvalue weighted by Gasteiger charge is -2.33. The van der Waals surface area contributed by atoms with Crippen molar-refractivity contribution in [2.45, 2.75) is 19.3 Å². The Hall–Kier alpha value is -7.16. The van der Waals surface area contributed by atoms with Gasteiger partial charge in [0.05, 0.1) is 22.1 Å². The average molecular weight is 727 g/mol. The van der Waals surface area contributed by atoms with E-state index in [4.69, 9.17) is 0 Å². The van der Waals surface area contributed by atoms with Crippen LogP contribution >= 0.6 is 0 Å². The van der Waals surface area contributed by atoms with Gasteiger partial charge in [-0.15, -0.1) is 0 Å². The smallest absolute Gasteiger partial charge is 0.0727 e. The lowest BCUT2D eigenvalue weighted by atomic mass is 9.70. The first-order chi connectivity index (χ1) is 28.1. The number of anilines is 3. The maximum atomic E-state index is 2.54. The summed E-state index contributed by atoms with van der Waals surface area (Å²) in [6.45, 7) is 4.35. The summed E-state index contributed by atoms with van der Waals surface area (Å²) in [5, 5.41) is 5.03. The molecular weight excluding hydrogens is 689 g/mol. The van der Waals surface area contributed by atoms with Crippen molar-refractivity contribution >= 4 is 49.6 Å². The van der Waals surface area contributed by atoms with E-state index >= 15 is 0 Å². The maximum absolute atomic E-state index is 2.54. The highest BCUT2D eigenvalue weighted by molar-refractivity contribution is 6.13. The number of rotatable bonds is 4. The lowest BCUT2D eigenvalue weighted by molar-refractivity contribution is 0.793. The first kappa shape index (κ1) is 32.1. The van der Waals surface area contributed by atoms with Crippen molar-refractivity contribution in [2.75, 3.05) is 4.90 Å². The molecule has 0 atom stereocenters. The van der Waals surface area contributed by atoms with Crippen LogP contribution in [0.25, 0.3) is 60.5 Å². The van der Waals surface area contributed by atoms with Gasteiger partial charge in [-0.2, -0.15) is 0 Å². The van der Waals surface area contributed by atoms with E-state index in [9.17, 15) is 0 Å². The van der Waals surface area contributed by atoms with Crippen LogP contribution in [0.4, 0.5) is 17.1 Å². The number of fused-ring (bicyclic) bond motifs is 15. The van der Waals surface area contributed by atoms with Crippen molar-refractivity contribution < 1.29 is 0 Å². The van der Waals surface area contributed by atoms with Gasteiger partial charge in [0.25, 0.3) is 0 Å². The van der Waals surface area contributed by atoms with Crippen LogP contribution in [0.1, 0.15) is 33.4 Å². The van der Waals surface area contributed by atoms with Crippen LogP contribution in [-0.2, 0) is 5.41 Å². The Morgan fingerprint density at radius 2 is 0.982 bits per heavy atom. The second kappa shape index (κ2) is 11.9. The summed E-state index contributed by atoms with van der Waals surface area (Å²) in [5.41, 5.74) is 19.5. The van der Waals surface area contributed by atoms with Crippen molar-refractivity contribution in [1.29, 1.82) is 0 Å². The van der Waals surface area contributed by atoms with Crippen LogP contribution in [-0.4, -0.2) is 4.57 Å². The number of hydrogen-bond acceptors (Lipinski definition) is 1. The highest BCUT2D eigenvalue weighted by atomic mass is 15.1. The molecule has 0 aliphatic heterocycles. The normalized spacial score (nSPS) is 13.2. The molecular formula is C55H38N2. The van der Waals surface area contributed by atoms with Crippen molar-refractivity contribution in [1.82, 2.24) is 4.57 Å². The summed E-state index contributed by atoms with van der Waals surface area (Å²) < 4.78 is 2.47. The van der Waals surface area contributed by atoms with Crippen LogP contribution in [0.2, 0.25) is 0 Å². The van der Waals surface area contributed by atoms with Gasteiger partial charge < -0.3 is 9.47 Å². The monoisotopic (exact) mass is 726 g/mol. The Bertz CT molecular complexity index is 3170. The predicted octanol–water partition coefficient (Wildman–Crippen LogP) is 14.4. The zero-order valence-electron chi connectivity index (χ0n) is 31.9. The number of aryl methyl sites for hydroxylation is 2. The largest absolute Gasteiger partial charge is 0.310 e. The van der Waals surface area contributed by atoms with E-state index in [0.29, 0.717) is 0 Å². The van der Waals surface area contributed by atoms with Gasteiger partial charge in [0.1, 0.15) is 0 Å². The van der Waals surface area contributed by atoms with E-state index in [-0.39, 0.29) is 0 Å². The fraction of sp³-hybridized carbons (Fsp3) is 0.0545. The number of benzene rings is 9. The third-order valence-electron chi connectivity index (χ3n) is 12.7. The summed E-state index contributed by atoms with van der Waals surface area (Å²) in [4.78, 5) is 2.47. The third kappa shape index (κ3) is 4.36. The second-order valence-electron chi connectivity index (χ2n) is 15.8. The molecule has 57 heavy (non-hydrogen) atoms. The van der Waals surface area contributed by atoms with Crippen molar-refractivity contribution in [3.8, 4) is 27.9 Å². The lowest BCUT2D eigenvalue weighted by Crippen LogP contribution is -2.26. The van der Waals surface area contributed by atoms with Crippen LogP contribution in [0, 0.1) is 13.8 Å². The molecule has 1 spiro atoms. The van der Waals surface area contributed by atoms with Crippen LogP contribution in [0.15, 0.2) is 194 Å². The Balaban J connectivity index is 1.23. The molecule has 0 bridgehead atoms. The van der Waals surface area contributed by atoms with E-state index in [1.807, 2.05) is 0 Å². The summed E-state index contributed by atoms with van der Waals surface area (Å²) in [6, 6.07) is 72.7. The third-order valence-corrected chi connectivity index (χ3v) is 12.7. The van der Waals surface area contributed by atoms with Crippen molar-refractivity contribution in [3.63, 3.8) is 0 Å². The molecule has 10 aromatic rings. The molecule has 9 aromatic carbocycles. The minimum Gasteiger partial charge on any atom is -0.310 e. The fourth-order valence-corrected chi connectivity index (χ4v) is 10.4. The van der Waals surface area contributed by atoms with Gasteiger partial charge in [-0.3, -0.25) is 0 Å². The highest BCUT2D eigenvalue weighted by Crippen LogP contribution is 2.65. The molecule has 2 aliphatic carbocycles. The standard InChI is InChI=1S/C55H38N2/c1-35-26-28-37(29-27-35)56(38-15-13-14-36(2)32-38)53-34-50-54(45-21-4-3-20-44(45)53)46-31-30-39(57-51-24-11-7-18-42(51)43-19-8-12-25-52(43)57)33-49(46)55(50)47-22-9-5-16-40(47)41-17-6-10-23-48(41)55/h3-34H,1-2H3. The van der Waals surface area contributed by atoms with E-state index in [2.05, 4.69) is 217 Å². The summed E-state index contributed by atoms with van der Waals surface area (Å²) in [6.07, 6.45) is 0. The van der Waals surface area contributed by atoms with Crippen LogP contribution in [0.5, 0.6) is 0 Å². The zero-order valence-corrected chi connectivity index (χ0v) is 31.9. The zero-order chi connectivity index (χ0) is 37.8. The fourth-order valence-electron chi connectivity index (χ4n) is 10.4. The van der Waals surface area contributed by atoms with Gasteiger partial charge in [-0.05, 0) is 124 Å². The first-order valence-electron chi connectivity index (χ1n) is 19.9. The highest BCUT2D eigenvalue weighted by Gasteiger charge is 2.52. The molecule has 0 fully saturated rings. The molecule has 2 aliphatic rings. The van der Waals surface area contributed by atoms with E-state index < -0.39 is 5.41 Å². The van der Waals surface area contributed by atoms with Crippen molar-refractivity contribution in [3.05, 3.63) is 228 Å². The summed E-state index contributed by atoms with van der Waals surface area (Å²) in [5.74, 6) is 0. The van der Waals surface area contributed by atoms with Crippen molar-refractivity contribution in [2.24, 2.45) is 0 Å². The Labute approximate surface area is 332 Å². The Morgan fingerprint density at radius 3 is 1.65 bits per heavy atom. The summed E-state index contributed by atoms with van der Waals surface area (Å²) in [7, 11) is 0. The van der Waals surface area contributed by atoms with Gasteiger partial charge >= 0.3 is 0 Å². The Morgan fingerprint density at radius 1 is 0.386 bits per heavy atom. The average Bonchev–Trinajstić information content (AvgIpc) is 3.86. The minimum atomic E-state index is -0.545. The number of para-hydroxylation sites is 2. The van der Waals surface area contributed by atoms with Crippen LogP contribution < -0.4 is 4.90 Å². The van der Waals surface area contributed by atoms with Gasteiger partial charge in [-0.1, -0.05) is 145 Å². The Kier molecular flexibility index (Phi) is 6.72. The van der Waals surface area contributed by atoms with E-state index in [1.165, 1.54) is 99.6 Å². The topological polar surface area (TPSA) is 8.17 Å². The molecule has 1 heterocycles. The molecule has 0 N–H and O–H groups in total. The van der Waals surface area contributed by atoms with Gasteiger partial charge in [-0.25, -0.2) is 0 Å². The van der Waals surface area contributed by atoms with Gasteiger partial charge in [0.15, 0.2) is 0 Å². The molecule has 2 nitrogen and oxygen atoms in total. The molecule has 0 saturated carbocycles. The molecule has 12 rings (SSSR count). The van der Waals surface area contributed by atoms with Crippen LogP contribution in [0.3, 0.4) is 0 Å². The molecule has 1 aromatic heterocycles. The van der Waals surface area contributed by atoms with E-state index in [0.717, 1.165) is 11.4 Å². The predicted molar refractivity (Wildman–Crippen MR) is 239 cm³/mol. The first-order valence-corrected chi connectivity index (χ1v) is 19.9.